The molecule has 3 nitrogen and oxygen atoms in total. The smallest absolute Gasteiger partial charge is 0.144 e. The van der Waals surface area contributed by atoms with E-state index in [1.807, 2.05) is 18.2 Å². The average Bonchev–Trinajstić information content (AvgIpc) is 2.53. The van der Waals surface area contributed by atoms with Crippen molar-refractivity contribution in [1.29, 1.82) is 0 Å². The fourth-order valence-corrected chi connectivity index (χ4v) is 2.08. The second kappa shape index (κ2) is 7.58. The minimum atomic E-state index is 0.682. The molecule has 21 heavy (non-hydrogen) atoms. The van der Waals surface area contributed by atoms with Crippen molar-refractivity contribution >= 4 is 11.4 Å². The van der Waals surface area contributed by atoms with Gasteiger partial charge < -0.3 is 15.8 Å². The highest BCUT2D eigenvalue weighted by Crippen LogP contribution is 2.26. The standard InChI is InChI=1S/C18H24N2O/c1-3-11-21-18-12-16(9-10-17(18)19)20-13-15-7-5-14(4-2)6-8-15/h5-10,12,20H,3-4,11,13,19H2,1-2H3. The molecule has 2 rings (SSSR count). The van der Waals surface area contributed by atoms with E-state index in [-0.39, 0.29) is 0 Å². The van der Waals surface area contributed by atoms with Crippen LogP contribution in [0.1, 0.15) is 31.4 Å². The van der Waals surface area contributed by atoms with Gasteiger partial charge in [0.2, 0.25) is 0 Å². The summed E-state index contributed by atoms with van der Waals surface area (Å²) < 4.78 is 5.64. The highest BCUT2D eigenvalue weighted by Gasteiger charge is 2.02. The predicted octanol–water partition coefficient (Wildman–Crippen LogP) is 4.23. The van der Waals surface area contributed by atoms with E-state index in [1.165, 1.54) is 11.1 Å². The molecule has 0 amide bonds. The first kappa shape index (κ1) is 15.2. The van der Waals surface area contributed by atoms with Crippen LogP contribution in [-0.2, 0) is 13.0 Å². The number of nitrogens with one attached hydrogen (secondary N) is 1. The number of hydrogen-bond donors (Lipinski definition) is 2. The molecule has 0 saturated carbocycles. The van der Waals surface area contributed by atoms with Gasteiger partial charge in [0, 0.05) is 18.3 Å². The average molecular weight is 284 g/mol. The number of nitrogen functional groups attached to an aromatic ring is 1. The Labute approximate surface area is 127 Å². The zero-order valence-corrected chi connectivity index (χ0v) is 12.9. The van der Waals surface area contributed by atoms with Crippen molar-refractivity contribution in [3.05, 3.63) is 53.6 Å². The topological polar surface area (TPSA) is 47.3 Å². The lowest BCUT2D eigenvalue weighted by Crippen LogP contribution is -2.02. The van der Waals surface area contributed by atoms with E-state index in [2.05, 4.69) is 43.4 Å². The molecule has 0 aromatic heterocycles. The number of benzene rings is 2. The molecule has 3 N–H and O–H groups in total. The molecule has 0 aliphatic carbocycles. The maximum Gasteiger partial charge on any atom is 0.144 e. The van der Waals surface area contributed by atoms with Gasteiger partial charge in [0.15, 0.2) is 0 Å². The van der Waals surface area contributed by atoms with Gasteiger partial charge in [-0.3, -0.25) is 0 Å². The van der Waals surface area contributed by atoms with Crippen LogP contribution in [-0.4, -0.2) is 6.61 Å². The van der Waals surface area contributed by atoms with Crippen molar-refractivity contribution in [2.24, 2.45) is 0 Å². The van der Waals surface area contributed by atoms with Gasteiger partial charge in [0.05, 0.1) is 12.3 Å². The molecule has 0 unspecified atom stereocenters. The molecule has 0 aliphatic heterocycles. The van der Waals surface area contributed by atoms with Crippen molar-refractivity contribution in [2.45, 2.75) is 33.2 Å². The fourth-order valence-electron chi connectivity index (χ4n) is 2.08. The summed E-state index contributed by atoms with van der Waals surface area (Å²) in [7, 11) is 0. The highest BCUT2D eigenvalue weighted by molar-refractivity contribution is 5.61. The van der Waals surface area contributed by atoms with Crippen LogP contribution in [0.25, 0.3) is 0 Å². The van der Waals surface area contributed by atoms with Crippen molar-refractivity contribution in [3.63, 3.8) is 0 Å². The molecule has 2 aromatic carbocycles. The van der Waals surface area contributed by atoms with E-state index in [0.29, 0.717) is 12.3 Å². The second-order valence-corrected chi connectivity index (χ2v) is 5.12. The third-order valence-electron chi connectivity index (χ3n) is 3.40. The third-order valence-corrected chi connectivity index (χ3v) is 3.40. The van der Waals surface area contributed by atoms with Crippen LogP contribution < -0.4 is 15.8 Å². The number of ether oxygens (including phenoxy) is 1. The van der Waals surface area contributed by atoms with Gasteiger partial charge >= 0.3 is 0 Å². The first-order valence-corrected chi connectivity index (χ1v) is 7.57. The second-order valence-electron chi connectivity index (χ2n) is 5.12. The van der Waals surface area contributed by atoms with E-state index in [0.717, 1.165) is 30.8 Å². The summed E-state index contributed by atoms with van der Waals surface area (Å²) in [4.78, 5) is 0. The number of aryl methyl sites for hydroxylation is 1. The Morgan fingerprint density at radius 3 is 2.38 bits per heavy atom. The molecule has 2 aromatic rings. The molecule has 0 fully saturated rings. The van der Waals surface area contributed by atoms with E-state index in [9.17, 15) is 0 Å². The first-order chi connectivity index (χ1) is 10.2. The molecular weight excluding hydrogens is 260 g/mol. The lowest BCUT2D eigenvalue weighted by molar-refractivity contribution is 0.319. The predicted molar refractivity (Wildman–Crippen MR) is 89.8 cm³/mol. The Morgan fingerprint density at radius 1 is 1.00 bits per heavy atom. The minimum absolute atomic E-state index is 0.682. The lowest BCUT2D eigenvalue weighted by atomic mass is 10.1. The van der Waals surface area contributed by atoms with Gasteiger partial charge in [-0.05, 0) is 36.1 Å². The maximum absolute atomic E-state index is 5.92. The third kappa shape index (κ3) is 4.42. The lowest BCUT2D eigenvalue weighted by Gasteiger charge is -2.12. The highest BCUT2D eigenvalue weighted by atomic mass is 16.5. The largest absolute Gasteiger partial charge is 0.491 e. The van der Waals surface area contributed by atoms with Crippen LogP contribution in [0, 0.1) is 0 Å². The zero-order valence-electron chi connectivity index (χ0n) is 12.9. The summed E-state index contributed by atoms with van der Waals surface area (Å²) in [5.74, 6) is 0.753. The van der Waals surface area contributed by atoms with Crippen LogP contribution in [0.15, 0.2) is 42.5 Å². The minimum Gasteiger partial charge on any atom is -0.491 e. The Morgan fingerprint density at radius 2 is 1.71 bits per heavy atom. The van der Waals surface area contributed by atoms with Gasteiger partial charge in [0.25, 0.3) is 0 Å². The van der Waals surface area contributed by atoms with E-state index < -0.39 is 0 Å². The van der Waals surface area contributed by atoms with Gasteiger partial charge in [-0.25, -0.2) is 0 Å². The fraction of sp³-hybridized carbons (Fsp3) is 0.333. The quantitative estimate of drug-likeness (QED) is 0.748. The van der Waals surface area contributed by atoms with Crippen molar-refractivity contribution in [1.82, 2.24) is 0 Å². The van der Waals surface area contributed by atoms with Gasteiger partial charge in [0.1, 0.15) is 5.75 Å². The van der Waals surface area contributed by atoms with E-state index in [4.69, 9.17) is 10.5 Å². The van der Waals surface area contributed by atoms with Crippen molar-refractivity contribution in [2.75, 3.05) is 17.7 Å². The molecule has 3 heteroatoms. The maximum atomic E-state index is 5.92. The molecule has 0 spiro atoms. The molecular formula is C18H24N2O. The molecule has 0 heterocycles. The first-order valence-electron chi connectivity index (χ1n) is 7.57. The summed E-state index contributed by atoms with van der Waals surface area (Å²) in [5.41, 5.74) is 10.2. The summed E-state index contributed by atoms with van der Waals surface area (Å²) in [6, 6.07) is 14.5. The number of rotatable bonds is 7. The normalized spacial score (nSPS) is 10.4. The van der Waals surface area contributed by atoms with Crippen LogP contribution in [0.3, 0.4) is 0 Å². The Hall–Kier alpha value is -2.16. The summed E-state index contributed by atoms with van der Waals surface area (Å²) in [6.45, 7) is 5.73. The Kier molecular flexibility index (Phi) is 5.50. The van der Waals surface area contributed by atoms with Crippen LogP contribution in [0.2, 0.25) is 0 Å². The molecule has 0 aliphatic rings. The van der Waals surface area contributed by atoms with E-state index in [1.54, 1.807) is 0 Å². The van der Waals surface area contributed by atoms with Crippen molar-refractivity contribution < 1.29 is 4.74 Å². The van der Waals surface area contributed by atoms with Gasteiger partial charge in [-0.2, -0.15) is 0 Å². The van der Waals surface area contributed by atoms with Gasteiger partial charge in [-0.1, -0.05) is 38.1 Å². The zero-order chi connectivity index (χ0) is 15.1. The van der Waals surface area contributed by atoms with Crippen LogP contribution in [0.5, 0.6) is 5.75 Å². The molecule has 0 saturated heterocycles. The van der Waals surface area contributed by atoms with Gasteiger partial charge in [-0.15, -0.1) is 0 Å². The summed E-state index contributed by atoms with van der Waals surface area (Å²) in [6.07, 6.45) is 2.05. The number of nitrogens with two attached hydrogens (primary N) is 1. The summed E-state index contributed by atoms with van der Waals surface area (Å²) in [5, 5.41) is 3.41. The SMILES string of the molecule is CCCOc1cc(NCc2ccc(CC)cc2)ccc1N. The summed E-state index contributed by atoms with van der Waals surface area (Å²) >= 11 is 0. The van der Waals surface area contributed by atoms with Crippen LogP contribution >= 0.6 is 0 Å². The number of hydrogen-bond acceptors (Lipinski definition) is 3. The van der Waals surface area contributed by atoms with Crippen molar-refractivity contribution in [3.8, 4) is 5.75 Å². The molecule has 0 radical (unpaired) electrons. The molecule has 0 atom stereocenters. The van der Waals surface area contributed by atoms with E-state index >= 15 is 0 Å². The monoisotopic (exact) mass is 284 g/mol. The number of anilines is 2. The van der Waals surface area contributed by atoms with Crippen LogP contribution in [0.4, 0.5) is 11.4 Å². The Bertz CT molecular complexity index is 564. The Balaban J connectivity index is 1.98. The molecule has 112 valence electrons. The molecule has 0 bridgehead atoms.